The van der Waals surface area contributed by atoms with Gasteiger partial charge in [0.05, 0.1) is 12.6 Å². The number of hydrogen-bond acceptors (Lipinski definition) is 5. The van der Waals surface area contributed by atoms with Crippen LogP contribution in [0, 0.1) is 0 Å². The lowest BCUT2D eigenvalue weighted by Crippen LogP contribution is -2.43. The summed E-state index contributed by atoms with van der Waals surface area (Å²) < 4.78 is 0. The molecule has 1 aromatic heterocycles. The van der Waals surface area contributed by atoms with E-state index < -0.39 is 12.1 Å². The third-order valence-electron chi connectivity index (χ3n) is 3.99. The summed E-state index contributed by atoms with van der Waals surface area (Å²) in [7, 11) is 0. The van der Waals surface area contributed by atoms with Gasteiger partial charge in [-0.1, -0.05) is 6.07 Å². The molecule has 23 heavy (non-hydrogen) atoms. The van der Waals surface area contributed by atoms with E-state index in [9.17, 15) is 19.8 Å². The maximum Gasteiger partial charge on any atom is 0.220 e. The number of rotatable bonds is 7. The van der Waals surface area contributed by atoms with Gasteiger partial charge in [-0.2, -0.15) is 0 Å². The fourth-order valence-electron chi connectivity index (χ4n) is 2.69. The Morgan fingerprint density at radius 3 is 3.00 bits per heavy atom. The van der Waals surface area contributed by atoms with Crippen LogP contribution < -0.4 is 10.6 Å². The van der Waals surface area contributed by atoms with Gasteiger partial charge in [0.1, 0.15) is 6.10 Å². The lowest BCUT2D eigenvalue weighted by molar-refractivity contribution is -0.125. The highest BCUT2D eigenvalue weighted by Gasteiger charge is 2.23. The number of hydrogen-bond donors (Lipinski definition) is 4. The Bertz CT molecular complexity index is 523. The molecule has 0 spiro atoms. The van der Waals surface area contributed by atoms with Crippen molar-refractivity contribution in [2.24, 2.45) is 0 Å². The summed E-state index contributed by atoms with van der Waals surface area (Å²) in [5, 5.41) is 25.1. The highest BCUT2D eigenvalue weighted by atomic mass is 16.3. The summed E-state index contributed by atoms with van der Waals surface area (Å²) in [4.78, 5) is 27.2. The van der Waals surface area contributed by atoms with Crippen molar-refractivity contribution in [3.8, 4) is 0 Å². The number of carbonyl (C=O) groups excluding carboxylic acids is 2. The second-order valence-corrected chi connectivity index (χ2v) is 5.78. The van der Waals surface area contributed by atoms with E-state index in [-0.39, 0.29) is 30.9 Å². The first kappa shape index (κ1) is 17.4. The van der Waals surface area contributed by atoms with Crippen molar-refractivity contribution >= 4 is 11.8 Å². The molecule has 1 fully saturated rings. The van der Waals surface area contributed by atoms with Crippen LogP contribution in [-0.4, -0.2) is 45.7 Å². The molecule has 0 radical (unpaired) electrons. The van der Waals surface area contributed by atoms with Crippen LogP contribution >= 0.6 is 0 Å². The van der Waals surface area contributed by atoms with Crippen molar-refractivity contribution in [2.75, 3.05) is 6.61 Å². The van der Waals surface area contributed by atoms with E-state index in [1.165, 1.54) is 6.20 Å². The molecule has 7 heteroatoms. The number of aliphatic hydroxyl groups excluding tert-OH is 2. The van der Waals surface area contributed by atoms with Gasteiger partial charge < -0.3 is 20.8 Å². The van der Waals surface area contributed by atoms with Gasteiger partial charge in [0.15, 0.2) is 0 Å². The summed E-state index contributed by atoms with van der Waals surface area (Å²) in [6.07, 6.45) is 5.12. The molecule has 4 N–H and O–H groups in total. The lowest BCUT2D eigenvalue weighted by Gasteiger charge is -2.25. The highest BCUT2D eigenvalue weighted by molar-refractivity contribution is 5.78. The van der Waals surface area contributed by atoms with Crippen molar-refractivity contribution in [2.45, 2.75) is 50.3 Å². The first-order valence-electron chi connectivity index (χ1n) is 7.87. The van der Waals surface area contributed by atoms with E-state index in [4.69, 9.17) is 0 Å². The number of piperidine rings is 1. The molecule has 0 aromatic carbocycles. The summed E-state index contributed by atoms with van der Waals surface area (Å²) in [5.74, 6) is -0.228. The number of aliphatic hydroxyl groups is 2. The molecule has 3 atom stereocenters. The average molecular weight is 321 g/mol. The third kappa shape index (κ3) is 5.30. The Balaban J connectivity index is 1.81. The zero-order chi connectivity index (χ0) is 16.7. The van der Waals surface area contributed by atoms with Gasteiger partial charge in [-0.05, 0) is 25.3 Å². The maximum atomic E-state index is 12.0. The molecule has 2 amide bonds. The number of pyridine rings is 1. The largest absolute Gasteiger partial charge is 0.394 e. The minimum Gasteiger partial charge on any atom is -0.394 e. The van der Waals surface area contributed by atoms with Gasteiger partial charge in [0.2, 0.25) is 11.8 Å². The van der Waals surface area contributed by atoms with Crippen LogP contribution in [0.25, 0.3) is 0 Å². The number of carbonyl (C=O) groups is 2. The van der Waals surface area contributed by atoms with Crippen LogP contribution in [0.3, 0.4) is 0 Å². The summed E-state index contributed by atoms with van der Waals surface area (Å²) in [6.45, 7) is -0.373. The van der Waals surface area contributed by atoms with Crippen LogP contribution in [0.15, 0.2) is 24.5 Å². The fraction of sp³-hybridized carbons (Fsp3) is 0.562. The predicted molar refractivity (Wildman–Crippen MR) is 83.2 cm³/mol. The van der Waals surface area contributed by atoms with Gasteiger partial charge in [-0.25, -0.2) is 0 Å². The van der Waals surface area contributed by atoms with Crippen LogP contribution in [0.2, 0.25) is 0 Å². The van der Waals surface area contributed by atoms with Crippen LogP contribution in [0.4, 0.5) is 0 Å². The Hall–Kier alpha value is -1.99. The predicted octanol–water partition coefficient (Wildman–Crippen LogP) is 0.0410. The molecule has 126 valence electrons. The fourth-order valence-corrected chi connectivity index (χ4v) is 2.69. The van der Waals surface area contributed by atoms with Crippen molar-refractivity contribution in [1.82, 2.24) is 15.6 Å². The summed E-state index contributed by atoms with van der Waals surface area (Å²) >= 11 is 0. The Morgan fingerprint density at radius 2 is 2.35 bits per heavy atom. The minimum atomic E-state index is -1.02. The normalized spacial score (nSPS) is 20.4. The second kappa shape index (κ2) is 8.59. The van der Waals surface area contributed by atoms with Gasteiger partial charge in [0, 0.05) is 36.8 Å². The van der Waals surface area contributed by atoms with Crippen molar-refractivity contribution in [1.29, 1.82) is 0 Å². The smallest absolute Gasteiger partial charge is 0.220 e. The highest BCUT2D eigenvalue weighted by Crippen LogP contribution is 2.16. The third-order valence-corrected chi connectivity index (χ3v) is 3.99. The van der Waals surface area contributed by atoms with Gasteiger partial charge in [-0.15, -0.1) is 0 Å². The topological polar surface area (TPSA) is 112 Å². The molecule has 0 bridgehead atoms. The molecule has 1 saturated heterocycles. The van der Waals surface area contributed by atoms with E-state index in [0.717, 1.165) is 12.8 Å². The molecule has 7 nitrogen and oxygen atoms in total. The zero-order valence-corrected chi connectivity index (χ0v) is 12.9. The summed E-state index contributed by atoms with van der Waals surface area (Å²) in [5.41, 5.74) is 0.534. The average Bonchev–Trinajstić information content (AvgIpc) is 2.58. The lowest BCUT2D eigenvalue weighted by atomic mass is 9.99. The molecule has 1 aliphatic rings. The van der Waals surface area contributed by atoms with Gasteiger partial charge >= 0.3 is 0 Å². The van der Waals surface area contributed by atoms with Crippen LogP contribution in [0.5, 0.6) is 0 Å². The molecule has 2 heterocycles. The molecule has 1 aliphatic heterocycles. The molecular weight excluding hydrogens is 298 g/mol. The second-order valence-electron chi connectivity index (χ2n) is 5.78. The molecule has 1 aromatic rings. The molecule has 0 aliphatic carbocycles. The number of aromatic nitrogens is 1. The van der Waals surface area contributed by atoms with E-state index in [1.54, 1.807) is 18.3 Å². The quantitative estimate of drug-likeness (QED) is 0.567. The number of amides is 2. The minimum absolute atomic E-state index is 0.0258. The first-order chi connectivity index (χ1) is 11.1. The monoisotopic (exact) mass is 321 g/mol. The van der Waals surface area contributed by atoms with Crippen LogP contribution in [-0.2, 0) is 9.59 Å². The van der Waals surface area contributed by atoms with Gasteiger partial charge in [0.25, 0.3) is 0 Å². The Labute approximate surface area is 135 Å². The SMILES string of the molecule is O=C1CCCC(CCC(=O)NC(CO)C(O)c2cccnc2)N1. The van der Waals surface area contributed by atoms with Crippen molar-refractivity contribution in [3.63, 3.8) is 0 Å². The van der Waals surface area contributed by atoms with Crippen molar-refractivity contribution < 1.29 is 19.8 Å². The first-order valence-corrected chi connectivity index (χ1v) is 7.87. The van der Waals surface area contributed by atoms with E-state index >= 15 is 0 Å². The van der Waals surface area contributed by atoms with Crippen LogP contribution in [0.1, 0.15) is 43.8 Å². The molecular formula is C16H23N3O4. The Kier molecular flexibility index (Phi) is 6.49. The van der Waals surface area contributed by atoms with E-state index in [0.29, 0.717) is 18.4 Å². The standard InChI is InChI=1S/C16H23N3O4/c20-10-13(16(23)11-3-2-8-17-9-11)19-15(22)7-6-12-4-1-5-14(21)18-12/h2-3,8-9,12-13,16,20,23H,1,4-7,10H2,(H,18,21)(H,19,22). The van der Waals surface area contributed by atoms with E-state index in [1.807, 2.05) is 0 Å². The molecule has 0 saturated carbocycles. The summed E-state index contributed by atoms with van der Waals surface area (Å²) in [6, 6.07) is 2.61. The zero-order valence-electron chi connectivity index (χ0n) is 12.9. The molecule has 2 rings (SSSR count). The maximum absolute atomic E-state index is 12.0. The number of nitrogens with one attached hydrogen (secondary N) is 2. The van der Waals surface area contributed by atoms with Gasteiger partial charge in [-0.3, -0.25) is 14.6 Å². The number of nitrogens with zero attached hydrogens (tertiary/aromatic N) is 1. The molecule has 3 unspecified atom stereocenters. The van der Waals surface area contributed by atoms with E-state index in [2.05, 4.69) is 15.6 Å². The Morgan fingerprint density at radius 1 is 1.52 bits per heavy atom. The van der Waals surface area contributed by atoms with Crippen molar-refractivity contribution in [3.05, 3.63) is 30.1 Å².